The third-order valence-electron chi connectivity index (χ3n) is 4.82. The fourth-order valence-corrected chi connectivity index (χ4v) is 3.74. The number of nitrogens with one attached hydrogen (secondary N) is 1. The molecule has 1 N–H and O–H groups in total. The van der Waals surface area contributed by atoms with E-state index in [1.165, 1.54) is 5.56 Å². The van der Waals surface area contributed by atoms with E-state index in [1.807, 2.05) is 36.4 Å². The number of halogens is 2. The Morgan fingerprint density at radius 3 is 2.71 bits per heavy atom. The first kappa shape index (κ1) is 18.9. The number of aromatic amines is 1. The Morgan fingerprint density at radius 2 is 1.89 bits per heavy atom. The normalized spacial score (nSPS) is 14.4. The van der Waals surface area contributed by atoms with Crippen LogP contribution in [-0.2, 0) is 19.5 Å². The lowest BCUT2D eigenvalue weighted by Gasteiger charge is -2.27. The zero-order valence-electron chi connectivity index (χ0n) is 15.2. The van der Waals surface area contributed by atoms with Crippen LogP contribution in [-0.4, -0.2) is 21.4 Å². The smallest absolute Gasteiger partial charge is 0.255 e. The van der Waals surface area contributed by atoms with Gasteiger partial charge in [-0.15, -0.1) is 0 Å². The minimum atomic E-state index is -0.0837. The van der Waals surface area contributed by atoms with Gasteiger partial charge in [0.2, 0.25) is 0 Å². The second kappa shape index (κ2) is 8.31. The van der Waals surface area contributed by atoms with Crippen LogP contribution in [0.1, 0.15) is 28.2 Å². The van der Waals surface area contributed by atoms with Crippen molar-refractivity contribution in [1.82, 2.24) is 14.9 Å². The highest BCUT2D eigenvalue weighted by molar-refractivity contribution is 6.42. The molecule has 1 aliphatic rings. The van der Waals surface area contributed by atoms with Crippen molar-refractivity contribution in [2.75, 3.05) is 6.54 Å². The van der Waals surface area contributed by atoms with Crippen molar-refractivity contribution in [1.29, 1.82) is 0 Å². The predicted molar refractivity (Wildman–Crippen MR) is 115 cm³/mol. The quantitative estimate of drug-likeness (QED) is 0.670. The molecule has 0 fully saturated rings. The molecule has 0 saturated carbocycles. The predicted octanol–water partition coefficient (Wildman–Crippen LogP) is 4.81. The molecule has 3 aromatic rings. The molecule has 4 rings (SSSR count). The van der Waals surface area contributed by atoms with Gasteiger partial charge in [0.15, 0.2) is 0 Å². The standard InChI is InChI=1S/C22H19Cl2N3O/c23-18-8-4-7-16(21(18)24)9-10-20-25-19-11-12-27(14-17(19)22(28)26-20)13-15-5-2-1-3-6-15/h1-10H,11-14H2,(H,25,26,28)/b10-9+. The molecule has 142 valence electrons. The summed E-state index contributed by atoms with van der Waals surface area (Å²) in [5, 5.41) is 0.978. The van der Waals surface area contributed by atoms with E-state index in [9.17, 15) is 4.79 Å². The molecule has 28 heavy (non-hydrogen) atoms. The van der Waals surface area contributed by atoms with Gasteiger partial charge in [0.05, 0.1) is 21.3 Å². The van der Waals surface area contributed by atoms with Crippen LogP contribution in [0, 0.1) is 0 Å². The third-order valence-corrected chi connectivity index (χ3v) is 5.65. The zero-order chi connectivity index (χ0) is 19.5. The molecule has 0 saturated heterocycles. The zero-order valence-corrected chi connectivity index (χ0v) is 16.7. The highest BCUT2D eigenvalue weighted by Crippen LogP contribution is 2.26. The first-order valence-electron chi connectivity index (χ1n) is 9.10. The summed E-state index contributed by atoms with van der Waals surface area (Å²) in [6.07, 6.45) is 4.32. The molecule has 0 amide bonds. The van der Waals surface area contributed by atoms with Gasteiger partial charge in [-0.25, -0.2) is 4.98 Å². The average Bonchev–Trinajstić information content (AvgIpc) is 2.70. The number of rotatable bonds is 4. The Labute approximate surface area is 173 Å². The van der Waals surface area contributed by atoms with Gasteiger partial charge >= 0.3 is 0 Å². The Bertz CT molecular complexity index is 1080. The highest BCUT2D eigenvalue weighted by atomic mass is 35.5. The Hall–Kier alpha value is -2.40. The SMILES string of the molecule is O=c1[nH]c(/C=C/c2cccc(Cl)c2Cl)nc2c1CN(Cc1ccccc1)CC2. The van der Waals surface area contributed by atoms with E-state index in [4.69, 9.17) is 23.2 Å². The number of hydrogen-bond acceptors (Lipinski definition) is 3. The maximum absolute atomic E-state index is 12.6. The van der Waals surface area contributed by atoms with Gasteiger partial charge in [-0.05, 0) is 29.3 Å². The Kier molecular flexibility index (Phi) is 5.62. The summed E-state index contributed by atoms with van der Waals surface area (Å²) in [7, 11) is 0. The van der Waals surface area contributed by atoms with E-state index in [-0.39, 0.29) is 5.56 Å². The Morgan fingerprint density at radius 1 is 1.07 bits per heavy atom. The lowest BCUT2D eigenvalue weighted by Crippen LogP contribution is -2.35. The number of fused-ring (bicyclic) bond motifs is 1. The number of H-pyrrole nitrogens is 1. The van der Waals surface area contributed by atoms with Crippen LogP contribution in [0.4, 0.5) is 0 Å². The highest BCUT2D eigenvalue weighted by Gasteiger charge is 2.20. The molecular formula is C22H19Cl2N3O. The molecule has 1 aromatic heterocycles. The fourth-order valence-electron chi connectivity index (χ4n) is 3.37. The van der Waals surface area contributed by atoms with Gasteiger partial charge < -0.3 is 4.98 Å². The lowest BCUT2D eigenvalue weighted by molar-refractivity contribution is 0.241. The van der Waals surface area contributed by atoms with Gasteiger partial charge in [-0.3, -0.25) is 9.69 Å². The summed E-state index contributed by atoms with van der Waals surface area (Å²) in [5.41, 5.74) is 3.56. The van der Waals surface area contributed by atoms with Crippen LogP contribution >= 0.6 is 23.2 Å². The maximum atomic E-state index is 12.6. The van der Waals surface area contributed by atoms with E-state index >= 15 is 0 Å². The fraction of sp³-hybridized carbons (Fsp3) is 0.182. The van der Waals surface area contributed by atoms with Crippen molar-refractivity contribution in [3.8, 4) is 0 Å². The first-order chi connectivity index (χ1) is 13.6. The average molecular weight is 412 g/mol. The molecule has 0 radical (unpaired) electrons. The summed E-state index contributed by atoms with van der Waals surface area (Å²) in [4.78, 5) is 22.4. The summed E-state index contributed by atoms with van der Waals surface area (Å²) in [6, 6.07) is 15.7. The van der Waals surface area contributed by atoms with Gasteiger partial charge in [-0.2, -0.15) is 0 Å². The van der Waals surface area contributed by atoms with E-state index in [0.29, 0.717) is 22.4 Å². The summed E-state index contributed by atoms with van der Waals surface area (Å²) in [5.74, 6) is 0.524. The van der Waals surface area contributed by atoms with Crippen LogP contribution in [0.15, 0.2) is 53.3 Å². The largest absolute Gasteiger partial charge is 0.307 e. The molecule has 0 unspecified atom stereocenters. The molecule has 0 spiro atoms. The van der Waals surface area contributed by atoms with E-state index in [2.05, 4.69) is 27.0 Å². The minimum absolute atomic E-state index is 0.0837. The van der Waals surface area contributed by atoms with Gasteiger partial charge in [-0.1, -0.05) is 65.7 Å². The van der Waals surface area contributed by atoms with Crippen LogP contribution < -0.4 is 5.56 Å². The lowest BCUT2D eigenvalue weighted by atomic mass is 10.1. The number of nitrogens with zero attached hydrogens (tertiary/aromatic N) is 2. The van der Waals surface area contributed by atoms with Crippen LogP contribution in [0.5, 0.6) is 0 Å². The molecule has 0 aliphatic carbocycles. The maximum Gasteiger partial charge on any atom is 0.255 e. The first-order valence-corrected chi connectivity index (χ1v) is 9.86. The van der Waals surface area contributed by atoms with Gasteiger partial charge in [0.1, 0.15) is 5.82 Å². The van der Waals surface area contributed by atoms with Crippen LogP contribution in [0.25, 0.3) is 12.2 Å². The van der Waals surface area contributed by atoms with Crippen molar-refractivity contribution in [2.45, 2.75) is 19.5 Å². The molecule has 2 heterocycles. The molecule has 0 bridgehead atoms. The Balaban J connectivity index is 1.54. The van der Waals surface area contributed by atoms with Crippen molar-refractivity contribution in [3.63, 3.8) is 0 Å². The number of aromatic nitrogens is 2. The van der Waals surface area contributed by atoms with E-state index in [1.54, 1.807) is 12.1 Å². The number of benzene rings is 2. The minimum Gasteiger partial charge on any atom is -0.307 e. The van der Waals surface area contributed by atoms with Crippen molar-refractivity contribution in [2.24, 2.45) is 0 Å². The van der Waals surface area contributed by atoms with Gasteiger partial charge in [0, 0.05) is 26.1 Å². The molecule has 6 heteroatoms. The molecule has 1 aliphatic heterocycles. The topological polar surface area (TPSA) is 49.0 Å². The monoisotopic (exact) mass is 411 g/mol. The summed E-state index contributed by atoms with van der Waals surface area (Å²) in [6.45, 7) is 2.31. The molecule has 4 nitrogen and oxygen atoms in total. The molecule has 0 atom stereocenters. The molecule has 2 aromatic carbocycles. The van der Waals surface area contributed by atoms with Crippen LogP contribution in [0.3, 0.4) is 0 Å². The van der Waals surface area contributed by atoms with Crippen molar-refractivity contribution in [3.05, 3.63) is 97.1 Å². The van der Waals surface area contributed by atoms with Crippen molar-refractivity contribution < 1.29 is 0 Å². The second-order valence-corrected chi connectivity index (χ2v) is 7.58. The third kappa shape index (κ3) is 4.20. The van der Waals surface area contributed by atoms with E-state index < -0.39 is 0 Å². The molecular weight excluding hydrogens is 393 g/mol. The summed E-state index contributed by atoms with van der Waals surface area (Å²) >= 11 is 12.3. The van der Waals surface area contributed by atoms with Gasteiger partial charge in [0.25, 0.3) is 5.56 Å². The second-order valence-electron chi connectivity index (χ2n) is 6.80. The van der Waals surface area contributed by atoms with E-state index in [0.717, 1.165) is 36.3 Å². The van der Waals surface area contributed by atoms with Crippen LogP contribution in [0.2, 0.25) is 10.0 Å². The summed E-state index contributed by atoms with van der Waals surface area (Å²) < 4.78 is 0. The number of hydrogen-bond donors (Lipinski definition) is 1. The van der Waals surface area contributed by atoms with Crippen molar-refractivity contribution >= 4 is 35.4 Å².